The average molecular weight is 468 g/mol. The Balaban J connectivity index is 2.39. The third kappa shape index (κ3) is 4.13. The molecule has 0 radical (unpaired) electrons. The molecule has 11 heteroatoms. The molecule has 0 aliphatic heterocycles. The zero-order chi connectivity index (χ0) is 22.1. The predicted molar refractivity (Wildman–Crippen MR) is 115 cm³/mol. The van der Waals surface area contributed by atoms with Gasteiger partial charge in [-0.15, -0.1) is 0 Å². The van der Waals surface area contributed by atoms with Crippen LogP contribution in [0.3, 0.4) is 0 Å². The Hall–Kier alpha value is -3.01. The third-order valence-electron chi connectivity index (χ3n) is 4.24. The van der Waals surface area contributed by atoms with E-state index in [1.54, 1.807) is 30.3 Å². The Labute approximate surface area is 181 Å². The molecule has 0 unspecified atom stereocenters. The molecule has 30 heavy (non-hydrogen) atoms. The first-order valence-corrected chi connectivity index (χ1v) is 10.5. The van der Waals surface area contributed by atoms with Gasteiger partial charge < -0.3 is 16.0 Å². The molecule has 0 spiro atoms. The molecule has 4 N–H and O–H groups in total. The molecule has 0 amide bonds. The number of aliphatic carboxylic acids is 1. The first-order chi connectivity index (χ1) is 14.1. The molecule has 0 aromatic heterocycles. The van der Waals surface area contributed by atoms with Crippen LogP contribution in [0.15, 0.2) is 64.6 Å². The van der Waals surface area contributed by atoms with Crippen molar-refractivity contribution in [2.45, 2.75) is 4.90 Å². The van der Waals surface area contributed by atoms with Crippen LogP contribution in [0.25, 0.3) is 10.8 Å². The summed E-state index contributed by atoms with van der Waals surface area (Å²) in [5.74, 6) is -1.80. The van der Waals surface area contributed by atoms with Crippen molar-refractivity contribution in [2.24, 2.45) is 10.9 Å². The van der Waals surface area contributed by atoms with E-state index in [4.69, 9.17) is 28.9 Å². The second-order valence-corrected chi connectivity index (χ2v) is 8.91. The SMILES string of the molecule is NC(=NO)c1ccc2ccccc2c1N(CC(=O)O)S(=O)(=O)c1cc(Cl)cc(Cl)c1. The van der Waals surface area contributed by atoms with Crippen molar-refractivity contribution in [3.63, 3.8) is 0 Å². The van der Waals surface area contributed by atoms with E-state index >= 15 is 0 Å². The van der Waals surface area contributed by atoms with Crippen LogP contribution in [0.1, 0.15) is 5.56 Å². The van der Waals surface area contributed by atoms with Crippen molar-refractivity contribution >= 4 is 61.5 Å². The maximum absolute atomic E-state index is 13.5. The predicted octanol–water partition coefficient (Wildman–Crippen LogP) is 3.52. The summed E-state index contributed by atoms with van der Waals surface area (Å²) in [5, 5.41) is 22.7. The van der Waals surface area contributed by atoms with Gasteiger partial charge in [-0.25, -0.2) is 8.42 Å². The Kier molecular flexibility index (Phi) is 6.06. The van der Waals surface area contributed by atoms with Crippen molar-refractivity contribution in [2.75, 3.05) is 10.8 Å². The Morgan fingerprint density at radius 2 is 1.70 bits per heavy atom. The standard InChI is InChI=1S/C19H15Cl2N3O5S/c20-12-7-13(21)9-14(8-12)30(28,29)24(10-17(25)26)18-15-4-2-1-3-11(15)5-6-16(18)19(22)23-27/h1-9,27H,10H2,(H2,22,23)(H,25,26). The van der Waals surface area contributed by atoms with Crippen LogP contribution in [-0.4, -0.2) is 37.1 Å². The molecule has 0 saturated carbocycles. The molecular weight excluding hydrogens is 453 g/mol. The number of sulfonamides is 1. The fourth-order valence-electron chi connectivity index (χ4n) is 3.00. The summed E-state index contributed by atoms with van der Waals surface area (Å²) in [4.78, 5) is 11.3. The number of hydrogen-bond donors (Lipinski definition) is 3. The minimum atomic E-state index is -4.46. The lowest BCUT2D eigenvalue weighted by Crippen LogP contribution is -2.37. The number of amidine groups is 1. The fraction of sp³-hybridized carbons (Fsp3) is 0.0526. The molecule has 0 bridgehead atoms. The van der Waals surface area contributed by atoms with Crippen LogP contribution in [0.4, 0.5) is 5.69 Å². The Morgan fingerprint density at radius 1 is 1.07 bits per heavy atom. The Morgan fingerprint density at radius 3 is 2.30 bits per heavy atom. The van der Waals surface area contributed by atoms with Crippen LogP contribution >= 0.6 is 23.2 Å². The van der Waals surface area contributed by atoms with E-state index in [0.29, 0.717) is 15.1 Å². The van der Waals surface area contributed by atoms with Crippen molar-refractivity contribution in [1.29, 1.82) is 0 Å². The number of hydrogen-bond acceptors (Lipinski definition) is 5. The molecule has 156 valence electrons. The first kappa shape index (κ1) is 21.7. The summed E-state index contributed by atoms with van der Waals surface area (Å²) < 4.78 is 27.6. The lowest BCUT2D eigenvalue weighted by molar-refractivity contribution is -0.135. The summed E-state index contributed by atoms with van der Waals surface area (Å²) >= 11 is 11.9. The van der Waals surface area contributed by atoms with Gasteiger partial charge >= 0.3 is 5.97 Å². The number of carboxylic acid groups (broad SMARTS) is 1. The van der Waals surface area contributed by atoms with Gasteiger partial charge in [0.05, 0.1) is 10.6 Å². The van der Waals surface area contributed by atoms with E-state index < -0.39 is 22.5 Å². The molecule has 0 fully saturated rings. The molecule has 8 nitrogen and oxygen atoms in total. The van der Waals surface area contributed by atoms with Crippen molar-refractivity contribution < 1.29 is 23.5 Å². The molecule has 3 aromatic rings. The van der Waals surface area contributed by atoms with E-state index in [-0.39, 0.29) is 32.0 Å². The first-order valence-electron chi connectivity index (χ1n) is 8.35. The smallest absolute Gasteiger partial charge is 0.324 e. The van der Waals surface area contributed by atoms with Crippen molar-refractivity contribution in [3.05, 3.63) is 70.2 Å². The highest BCUT2D eigenvalue weighted by Crippen LogP contribution is 2.35. The molecule has 0 saturated heterocycles. The van der Waals surface area contributed by atoms with Gasteiger partial charge in [-0.3, -0.25) is 9.10 Å². The number of benzene rings is 3. The molecule has 0 heterocycles. The number of nitrogens with zero attached hydrogens (tertiary/aromatic N) is 2. The second-order valence-electron chi connectivity index (χ2n) is 6.18. The number of anilines is 1. The number of oxime groups is 1. The van der Waals surface area contributed by atoms with Gasteiger partial charge in [-0.1, -0.05) is 58.7 Å². The van der Waals surface area contributed by atoms with Crippen LogP contribution in [-0.2, 0) is 14.8 Å². The zero-order valence-electron chi connectivity index (χ0n) is 15.2. The van der Waals surface area contributed by atoms with Gasteiger partial charge in [0.15, 0.2) is 5.84 Å². The minimum absolute atomic E-state index is 0.0363. The highest BCUT2D eigenvalue weighted by Gasteiger charge is 2.31. The summed E-state index contributed by atoms with van der Waals surface area (Å²) in [6, 6.07) is 13.5. The van der Waals surface area contributed by atoms with Crippen LogP contribution in [0.5, 0.6) is 0 Å². The van der Waals surface area contributed by atoms with Crippen LogP contribution in [0, 0.1) is 0 Å². The number of rotatable bonds is 6. The number of fused-ring (bicyclic) bond motifs is 1. The topological polar surface area (TPSA) is 133 Å². The summed E-state index contributed by atoms with van der Waals surface area (Å²) in [7, 11) is -4.46. The van der Waals surface area contributed by atoms with E-state index in [9.17, 15) is 23.5 Å². The highest BCUT2D eigenvalue weighted by molar-refractivity contribution is 7.93. The lowest BCUT2D eigenvalue weighted by atomic mass is 10.0. The second kappa shape index (κ2) is 8.39. The van der Waals surface area contributed by atoms with Gasteiger partial charge in [-0.05, 0) is 29.7 Å². The van der Waals surface area contributed by atoms with Crippen molar-refractivity contribution in [1.82, 2.24) is 0 Å². The summed E-state index contributed by atoms with van der Waals surface area (Å²) in [6.07, 6.45) is 0. The van der Waals surface area contributed by atoms with Crippen LogP contribution in [0.2, 0.25) is 10.0 Å². The van der Waals surface area contributed by atoms with Gasteiger partial charge in [0.25, 0.3) is 10.0 Å². The van der Waals surface area contributed by atoms with E-state index in [2.05, 4.69) is 5.16 Å². The zero-order valence-corrected chi connectivity index (χ0v) is 17.5. The lowest BCUT2D eigenvalue weighted by Gasteiger charge is -2.26. The molecule has 3 aromatic carbocycles. The minimum Gasteiger partial charge on any atom is -0.480 e. The highest BCUT2D eigenvalue weighted by atomic mass is 35.5. The number of carboxylic acids is 1. The summed E-state index contributed by atoms with van der Waals surface area (Å²) in [5.41, 5.74) is 5.76. The molecule has 0 atom stereocenters. The number of nitrogens with two attached hydrogens (primary N) is 1. The quantitative estimate of drug-likeness (QED) is 0.219. The number of halogens is 2. The largest absolute Gasteiger partial charge is 0.480 e. The molecular formula is C19H15Cl2N3O5S. The molecule has 0 aliphatic carbocycles. The molecule has 3 rings (SSSR count). The van der Waals surface area contributed by atoms with E-state index in [1.165, 1.54) is 12.1 Å². The average Bonchev–Trinajstić information content (AvgIpc) is 2.69. The third-order valence-corrected chi connectivity index (χ3v) is 6.40. The Bertz CT molecular complexity index is 1260. The van der Waals surface area contributed by atoms with Crippen LogP contribution < -0.4 is 10.0 Å². The fourth-order valence-corrected chi connectivity index (χ4v) is 5.18. The van der Waals surface area contributed by atoms with E-state index in [1.807, 2.05) is 0 Å². The molecule has 0 aliphatic rings. The maximum atomic E-state index is 13.5. The van der Waals surface area contributed by atoms with E-state index in [0.717, 1.165) is 12.1 Å². The summed E-state index contributed by atoms with van der Waals surface area (Å²) in [6.45, 7) is -0.924. The monoisotopic (exact) mass is 467 g/mol. The normalized spacial score (nSPS) is 12.1. The maximum Gasteiger partial charge on any atom is 0.324 e. The number of carbonyl (C=O) groups is 1. The van der Waals surface area contributed by atoms with Gasteiger partial charge in [0.2, 0.25) is 0 Å². The van der Waals surface area contributed by atoms with Gasteiger partial charge in [-0.2, -0.15) is 0 Å². The van der Waals surface area contributed by atoms with Crippen molar-refractivity contribution in [3.8, 4) is 0 Å². The van der Waals surface area contributed by atoms with Gasteiger partial charge in [0.1, 0.15) is 6.54 Å². The van der Waals surface area contributed by atoms with Gasteiger partial charge in [0, 0.05) is 21.0 Å².